The van der Waals surface area contributed by atoms with Crippen LogP contribution in [0.4, 0.5) is 5.69 Å². The first-order valence-electron chi connectivity index (χ1n) is 9.62. The average Bonchev–Trinajstić information content (AvgIpc) is 3.26. The summed E-state index contributed by atoms with van der Waals surface area (Å²) >= 11 is 0. The van der Waals surface area contributed by atoms with Gasteiger partial charge in [0.1, 0.15) is 5.82 Å². The van der Waals surface area contributed by atoms with E-state index < -0.39 is 10.0 Å². The van der Waals surface area contributed by atoms with Crippen LogP contribution in [0.3, 0.4) is 0 Å². The molecule has 0 saturated heterocycles. The molecule has 0 bridgehead atoms. The molecule has 1 N–H and O–H groups in total. The first-order chi connectivity index (χ1) is 14.1. The van der Waals surface area contributed by atoms with E-state index >= 15 is 0 Å². The number of benzene rings is 2. The van der Waals surface area contributed by atoms with E-state index in [0.29, 0.717) is 5.52 Å². The Kier molecular flexibility index (Phi) is 3.71. The van der Waals surface area contributed by atoms with Crippen LogP contribution in [0.15, 0.2) is 36.5 Å². The molecule has 0 fully saturated rings. The second-order valence-corrected chi connectivity index (χ2v) is 10.1. The molecular formula is C21H22N6O2S. The van der Waals surface area contributed by atoms with Crippen LogP contribution in [-0.4, -0.2) is 38.6 Å². The van der Waals surface area contributed by atoms with Crippen LogP contribution in [-0.2, 0) is 15.6 Å². The minimum absolute atomic E-state index is 0.348. The predicted octanol–water partition coefficient (Wildman–Crippen LogP) is 3.37. The van der Waals surface area contributed by atoms with Crippen molar-refractivity contribution in [3.63, 3.8) is 0 Å². The topological polar surface area (TPSA) is 94.7 Å². The van der Waals surface area contributed by atoms with Crippen LogP contribution < -0.4 is 5.32 Å². The lowest BCUT2D eigenvalue weighted by Gasteiger charge is -2.35. The van der Waals surface area contributed by atoms with Crippen LogP contribution in [0.1, 0.15) is 31.1 Å². The molecule has 4 aromatic rings. The highest BCUT2D eigenvalue weighted by atomic mass is 32.2. The van der Waals surface area contributed by atoms with Crippen LogP contribution in [0.2, 0.25) is 0 Å². The molecule has 30 heavy (non-hydrogen) atoms. The number of aryl methyl sites for hydroxylation is 1. The lowest BCUT2D eigenvalue weighted by Crippen LogP contribution is -2.36. The molecule has 5 rings (SSSR count). The fraction of sp³-hybridized carbons (Fsp3) is 0.286. The van der Waals surface area contributed by atoms with Crippen molar-refractivity contribution in [1.29, 1.82) is 0 Å². The summed E-state index contributed by atoms with van der Waals surface area (Å²) in [4.78, 5) is 0. The molecule has 8 nitrogen and oxygen atoms in total. The van der Waals surface area contributed by atoms with E-state index in [1.807, 2.05) is 19.1 Å². The Balaban J connectivity index is 1.79. The van der Waals surface area contributed by atoms with E-state index in [-0.39, 0.29) is 5.54 Å². The summed E-state index contributed by atoms with van der Waals surface area (Å²) in [5.74, 6) is 1.68. The minimum Gasteiger partial charge on any atom is -0.371 e. The van der Waals surface area contributed by atoms with Crippen LogP contribution in [0.25, 0.3) is 27.7 Å². The molecule has 3 heterocycles. The van der Waals surface area contributed by atoms with E-state index in [4.69, 9.17) is 0 Å². The van der Waals surface area contributed by atoms with Crippen molar-refractivity contribution in [2.75, 3.05) is 11.6 Å². The molecule has 0 spiro atoms. The van der Waals surface area contributed by atoms with Crippen molar-refractivity contribution < 1.29 is 8.42 Å². The number of nitrogens with one attached hydrogen (secondary N) is 1. The Morgan fingerprint density at radius 3 is 2.53 bits per heavy atom. The van der Waals surface area contributed by atoms with Gasteiger partial charge in [0.15, 0.2) is 5.82 Å². The average molecular weight is 423 g/mol. The third kappa shape index (κ3) is 2.51. The van der Waals surface area contributed by atoms with Gasteiger partial charge in [-0.3, -0.25) is 4.57 Å². The number of rotatable bonds is 2. The summed E-state index contributed by atoms with van der Waals surface area (Å²) in [6, 6.07) is 9.74. The Morgan fingerprint density at radius 1 is 1.03 bits per heavy atom. The summed E-state index contributed by atoms with van der Waals surface area (Å²) in [5, 5.41) is 17.2. The van der Waals surface area contributed by atoms with E-state index in [1.54, 1.807) is 12.3 Å². The zero-order valence-corrected chi connectivity index (χ0v) is 18.2. The maximum absolute atomic E-state index is 12.1. The summed E-state index contributed by atoms with van der Waals surface area (Å²) < 4.78 is 27.4. The zero-order chi connectivity index (χ0) is 21.4. The minimum atomic E-state index is -3.49. The van der Waals surface area contributed by atoms with Gasteiger partial charge in [0.05, 0.1) is 34.9 Å². The van der Waals surface area contributed by atoms with E-state index in [9.17, 15) is 8.42 Å². The lowest BCUT2D eigenvalue weighted by atomic mass is 9.92. The standard InChI is InChI=1S/C21H22N6O2S/c1-12-14(15-7-6-8-18-16(15)11-22-27(18)30(5,28)29)9-10-17-19(12)26-13(2)24-25-20(26)21(3,4)23-17/h6-11,23H,1-5H3. The molecule has 0 unspecified atom stereocenters. The van der Waals surface area contributed by atoms with E-state index in [0.717, 1.165) is 55.4 Å². The zero-order valence-electron chi connectivity index (χ0n) is 17.4. The molecular weight excluding hydrogens is 400 g/mol. The van der Waals surface area contributed by atoms with Crippen LogP contribution in [0.5, 0.6) is 0 Å². The lowest BCUT2D eigenvalue weighted by molar-refractivity contribution is 0.535. The highest BCUT2D eigenvalue weighted by molar-refractivity contribution is 7.89. The van der Waals surface area contributed by atoms with Crippen molar-refractivity contribution in [3.05, 3.63) is 53.7 Å². The monoisotopic (exact) mass is 422 g/mol. The quantitative estimate of drug-likeness (QED) is 0.532. The van der Waals surface area contributed by atoms with Gasteiger partial charge in [-0.15, -0.1) is 10.2 Å². The van der Waals surface area contributed by atoms with Gasteiger partial charge in [0.25, 0.3) is 10.0 Å². The second kappa shape index (κ2) is 5.91. The number of aromatic nitrogens is 5. The third-order valence-corrected chi connectivity index (χ3v) is 6.59. The number of hydrogen-bond acceptors (Lipinski definition) is 6. The molecule has 2 aromatic carbocycles. The SMILES string of the molecule is Cc1c(-c2cccc3c2cnn3S(C)(=O)=O)ccc2c1-n1c(C)nnc1C(C)(C)N2. The first kappa shape index (κ1) is 18.8. The maximum atomic E-state index is 12.1. The Hall–Kier alpha value is -3.20. The number of hydrogen-bond donors (Lipinski definition) is 1. The molecule has 154 valence electrons. The van der Waals surface area contributed by atoms with Gasteiger partial charge in [0.2, 0.25) is 0 Å². The molecule has 9 heteroatoms. The Labute approximate surface area is 174 Å². The van der Waals surface area contributed by atoms with Crippen LogP contribution >= 0.6 is 0 Å². The largest absolute Gasteiger partial charge is 0.371 e. The summed E-state index contributed by atoms with van der Waals surface area (Å²) in [5.41, 5.74) is 5.23. The number of nitrogens with zero attached hydrogens (tertiary/aromatic N) is 5. The summed E-state index contributed by atoms with van der Waals surface area (Å²) in [7, 11) is -3.49. The summed E-state index contributed by atoms with van der Waals surface area (Å²) in [6.45, 7) is 8.18. The fourth-order valence-electron chi connectivity index (χ4n) is 4.34. The molecule has 0 radical (unpaired) electrons. The third-order valence-electron chi connectivity index (χ3n) is 5.67. The molecule has 1 aliphatic rings. The smallest absolute Gasteiger partial charge is 0.251 e. The van der Waals surface area contributed by atoms with Gasteiger partial charge < -0.3 is 5.32 Å². The Morgan fingerprint density at radius 2 is 1.80 bits per heavy atom. The molecule has 1 aliphatic heterocycles. The normalized spacial score (nSPS) is 15.0. The van der Waals surface area contributed by atoms with Crippen molar-refractivity contribution in [1.82, 2.24) is 24.0 Å². The predicted molar refractivity (Wildman–Crippen MR) is 116 cm³/mol. The fourth-order valence-corrected chi connectivity index (χ4v) is 5.07. The van der Waals surface area contributed by atoms with E-state index in [1.165, 1.54) is 0 Å². The molecule has 2 aromatic heterocycles. The van der Waals surface area contributed by atoms with Crippen molar-refractivity contribution in [3.8, 4) is 16.8 Å². The van der Waals surface area contributed by atoms with Gasteiger partial charge >= 0.3 is 0 Å². The first-order valence-corrected chi connectivity index (χ1v) is 11.5. The molecule has 0 saturated carbocycles. The highest BCUT2D eigenvalue weighted by Gasteiger charge is 2.35. The molecule has 0 atom stereocenters. The Bertz CT molecular complexity index is 1450. The molecule has 0 amide bonds. The van der Waals surface area contributed by atoms with Gasteiger partial charge in [-0.1, -0.05) is 18.2 Å². The van der Waals surface area contributed by atoms with Gasteiger partial charge in [-0.2, -0.15) is 9.19 Å². The number of anilines is 1. The van der Waals surface area contributed by atoms with Crippen molar-refractivity contribution in [2.45, 2.75) is 33.2 Å². The van der Waals surface area contributed by atoms with Gasteiger partial charge in [-0.05, 0) is 56.5 Å². The van der Waals surface area contributed by atoms with Crippen molar-refractivity contribution >= 4 is 26.6 Å². The van der Waals surface area contributed by atoms with Crippen LogP contribution in [0, 0.1) is 13.8 Å². The molecule has 0 aliphatic carbocycles. The van der Waals surface area contributed by atoms with Gasteiger partial charge in [0, 0.05) is 5.39 Å². The maximum Gasteiger partial charge on any atom is 0.251 e. The van der Waals surface area contributed by atoms with Gasteiger partial charge in [-0.25, -0.2) is 8.42 Å². The second-order valence-electron chi connectivity index (χ2n) is 8.28. The highest BCUT2D eigenvalue weighted by Crippen LogP contribution is 2.42. The van der Waals surface area contributed by atoms with Crippen molar-refractivity contribution in [2.24, 2.45) is 0 Å². The summed E-state index contributed by atoms with van der Waals surface area (Å²) in [6.07, 6.45) is 2.77. The van der Waals surface area contributed by atoms with E-state index in [2.05, 4.69) is 58.1 Å². The number of fused-ring (bicyclic) bond motifs is 4.